The number of halogens is 1. The molecule has 2 aromatic rings. The molecule has 1 fully saturated rings. The molecular formula is C20H19BrN2OS2. The Hall–Kier alpha value is -1.63. The summed E-state index contributed by atoms with van der Waals surface area (Å²) < 4.78 is 1.56. The number of thiocarbonyl (C=S) groups is 1. The number of hydrogen-bond acceptors (Lipinski definition) is 4. The average Bonchev–Trinajstić information content (AvgIpc) is 2.88. The van der Waals surface area contributed by atoms with Crippen molar-refractivity contribution in [1.82, 2.24) is 0 Å². The van der Waals surface area contributed by atoms with Gasteiger partial charge in [0.05, 0.1) is 16.3 Å². The predicted octanol–water partition coefficient (Wildman–Crippen LogP) is 5.48. The van der Waals surface area contributed by atoms with Gasteiger partial charge in [-0.25, -0.2) is 0 Å². The highest BCUT2D eigenvalue weighted by atomic mass is 79.9. The van der Waals surface area contributed by atoms with Crippen molar-refractivity contribution in [2.24, 2.45) is 0 Å². The normalized spacial score (nSPS) is 15.8. The van der Waals surface area contributed by atoms with Gasteiger partial charge in [-0.05, 0) is 57.8 Å². The van der Waals surface area contributed by atoms with Gasteiger partial charge in [0.1, 0.15) is 0 Å². The summed E-state index contributed by atoms with van der Waals surface area (Å²) in [5, 5.41) is 0. The molecule has 0 bridgehead atoms. The fraction of sp³-hybridized carbons (Fsp3) is 0.200. The highest BCUT2D eigenvalue weighted by molar-refractivity contribution is 9.10. The van der Waals surface area contributed by atoms with Gasteiger partial charge in [-0.3, -0.25) is 9.69 Å². The molecule has 6 heteroatoms. The minimum Gasteiger partial charge on any atom is -0.377 e. The number of para-hydroxylation sites is 1. The Balaban J connectivity index is 1.94. The maximum Gasteiger partial charge on any atom is 0.270 e. The summed E-state index contributed by atoms with van der Waals surface area (Å²) in [6.45, 7) is 2.08. The molecular weight excluding hydrogens is 428 g/mol. The van der Waals surface area contributed by atoms with Gasteiger partial charge in [0.25, 0.3) is 5.91 Å². The average molecular weight is 447 g/mol. The van der Waals surface area contributed by atoms with Crippen LogP contribution in [0.2, 0.25) is 0 Å². The number of carbonyl (C=O) groups excluding carboxylic acids is 1. The standard InChI is InChI=1S/C20H19BrN2OS2/c1-4-14-7-5-6-8-16(14)23-19(24)18(26-20(23)25)12-13-9-10-17(22(2)3)15(21)11-13/h5-12H,4H2,1-3H3. The van der Waals surface area contributed by atoms with Crippen LogP contribution in [-0.4, -0.2) is 24.3 Å². The van der Waals surface area contributed by atoms with Crippen molar-refractivity contribution in [2.45, 2.75) is 13.3 Å². The fourth-order valence-electron chi connectivity index (χ4n) is 2.83. The minimum atomic E-state index is -0.0614. The third kappa shape index (κ3) is 3.72. The van der Waals surface area contributed by atoms with Crippen molar-refractivity contribution in [3.63, 3.8) is 0 Å². The van der Waals surface area contributed by atoms with Gasteiger partial charge in [0, 0.05) is 18.6 Å². The third-order valence-electron chi connectivity index (χ3n) is 4.16. The van der Waals surface area contributed by atoms with Crippen molar-refractivity contribution in [1.29, 1.82) is 0 Å². The second-order valence-electron chi connectivity index (χ2n) is 6.10. The zero-order valence-electron chi connectivity index (χ0n) is 14.8. The van der Waals surface area contributed by atoms with Crippen molar-refractivity contribution in [3.8, 4) is 0 Å². The van der Waals surface area contributed by atoms with Gasteiger partial charge in [-0.2, -0.15) is 0 Å². The first-order chi connectivity index (χ1) is 12.4. The summed E-state index contributed by atoms with van der Waals surface area (Å²) in [5.74, 6) is -0.0614. The molecule has 1 heterocycles. The second kappa shape index (κ2) is 7.94. The molecule has 134 valence electrons. The van der Waals surface area contributed by atoms with E-state index in [1.165, 1.54) is 11.8 Å². The van der Waals surface area contributed by atoms with Crippen LogP contribution in [0.4, 0.5) is 11.4 Å². The lowest BCUT2D eigenvalue weighted by Gasteiger charge is -2.18. The van der Waals surface area contributed by atoms with E-state index in [0.29, 0.717) is 9.23 Å². The van der Waals surface area contributed by atoms with Crippen molar-refractivity contribution < 1.29 is 4.79 Å². The molecule has 2 aromatic carbocycles. The largest absolute Gasteiger partial charge is 0.377 e. The van der Waals surface area contributed by atoms with Gasteiger partial charge in [-0.1, -0.05) is 55.2 Å². The quantitative estimate of drug-likeness (QED) is 0.457. The summed E-state index contributed by atoms with van der Waals surface area (Å²) in [4.78, 5) is 17.3. The lowest BCUT2D eigenvalue weighted by atomic mass is 10.1. The number of aryl methyl sites for hydroxylation is 1. The highest BCUT2D eigenvalue weighted by Gasteiger charge is 2.34. The maximum atomic E-state index is 13.0. The van der Waals surface area contributed by atoms with Gasteiger partial charge < -0.3 is 4.90 Å². The van der Waals surface area contributed by atoms with Crippen LogP contribution < -0.4 is 9.80 Å². The van der Waals surface area contributed by atoms with Crippen LogP contribution in [0.3, 0.4) is 0 Å². The number of hydrogen-bond donors (Lipinski definition) is 0. The van der Waals surface area contributed by atoms with E-state index in [1.54, 1.807) is 4.90 Å². The molecule has 3 nitrogen and oxygen atoms in total. The van der Waals surface area contributed by atoms with E-state index in [0.717, 1.165) is 33.4 Å². The Kier molecular flexibility index (Phi) is 5.85. The Morgan fingerprint density at radius 1 is 1.23 bits per heavy atom. The number of amides is 1. The van der Waals surface area contributed by atoms with Crippen LogP contribution in [-0.2, 0) is 11.2 Å². The lowest BCUT2D eigenvalue weighted by Crippen LogP contribution is -2.28. The van der Waals surface area contributed by atoms with Crippen LogP contribution in [0.5, 0.6) is 0 Å². The number of benzene rings is 2. The lowest BCUT2D eigenvalue weighted by molar-refractivity contribution is -0.113. The Labute approximate surface area is 172 Å². The number of carbonyl (C=O) groups is 1. The third-order valence-corrected chi connectivity index (χ3v) is 6.10. The van der Waals surface area contributed by atoms with Gasteiger partial charge in [0.2, 0.25) is 0 Å². The Morgan fingerprint density at radius 3 is 2.62 bits per heavy atom. The van der Waals surface area contributed by atoms with Gasteiger partial charge in [-0.15, -0.1) is 0 Å². The zero-order chi connectivity index (χ0) is 18.8. The molecule has 1 aliphatic heterocycles. The van der Waals surface area contributed by atoms with Crippen molar-refractivity contribution in [2.75, 3.05) is 23.9 Å². The molecule has 0 aliphatic carbocycles. The zero-order valence-corrected chi connectivity index (χ0v) is 18.0. The second-order valence-corrected chi connectivity index (χ2v) is 8.63. The van der Waals surface area contributed by atoms with E-state index < -0.39 is 0 Å². The van der Waals surface area contributed by atoms with Gasteiger partial charge >= 0.3 is 0 Å². The molecule has 0 N–H and O–H groups in total. The molecule has 0 unspecified atom stereocenters. The molecule has 1 aliphatic rings. The smallest absolute Gasteiger partial charge is 0.270 e. The topological polar surface area (TPSA) is 23.6 Å². The molecule has 0 atom stereocenters. The molecule has 1 saturated heterocycles. The molecule has 26 heavy (non-hydrogen) atoms. The molecule has 1 amide bonds. The van der Waals surface area contributed by atoms with Crippen molar-refractivity contribution >= 4 is 67.6 Å². The highest BCUT2D eigenvalue weighted by Crippen LogP contribution is 2.38. The maximum absolute atomic E-state index is 13.0. The summed E-state index contributed by atoms with van der Waals surface area (Å²) in [6.07, 6.45) is 2.75. The van der Waals surface area contributed by atoms with E-state index in [-0.39, 0.29) is 5.91 Å². The minimum absolute atomic E-state index is 0.0614. The Bertz CT molecular complexity index is 908. The fourth-order valence-corrected chi connectivity index (χ4v) is 4.87. The molecule has 0 saturated carbocycles. The monoisotopic (exact) mass is 446 g/mol. The number of thioether (sulfide) groups is 1. The Morgan fingerprint density at radius 2 is 1.96 bits per heavy atom. The van der Waals surface area contributed by atoms with Crippen LogP contribution in [0.15, 0.2) is 51.8 Å². The number of anilines is 2. The molecule has 0 radical (unpaired) electrons. The SMILES string of the molecule is CCc1ccccc1N1C(=O)C(=Cc2ccc(N(C)C)c(Br)c2)SC1=S. The van der Waals surface area contributed by atoms with E-state index in [1.807, 2.05) is 67.5 Å². The van der Waals surface area contributed by atoms with Crippen LogP contribution >= 0.6 is 39.9 Å². The molecule has 3 rings (SSSR count). The number of nitrogens with zero attached hydrogens (tertiary/aromatic N) is 2. The van der Waals surface area contributed by atoms with Crippen LogP contribution in [0, 0.1) is 0 Å². The van der Waals surface area contributed by atoms with E-state index in [4.69, 9.17) is 12.2 Å². The first kappa shape index (κ1) is 19.1. The predicted molar refractivity (Wildman–Crippen MR) is 120 cm³/mol. The van der Waals surface area contributed by atoms with E-state index in [2.05, 4.69) is 22.9 Å². The van der Waals surface area contributed by atoms with Crippen LogP contribution in [0.1, 0.15) is 18.1 Å². The summed E-state index contributed by atoms with van der Waals surface area (Å²) in [6, 6.07) is 14.0. The first-order valence-electron chi connectivity index (χ1n) is 8.25. The number of rotatable bonds is 4. The van der Waals surface area contributed by atoms with Gasteiger partial charge in [0.15, 0.2) is 4.32 Å². The summed E-state index contributed by atoms with van der Waals surface area (Å²) in [5.41, 5.74) is 4.05. The van der Waals surface area contributed by atoms with E-state index >= 15 is 0 Å². The summed E-state index contributed by atoms with van der Waals surface area (Å²) in [7, 11) is 3.99. The van der Waals surface area contributed by atoms with Crippen LogP contribution in [0.25, 0.3) is 6.08 Å². The first-order valence-corrected chi connectivity index (χ1v) is 10.3. The molecule has 0 spiro atoms. The molecule has 0 aromatic heterocycles. The van der Waals surface area contributed by atoms with E-state index in [9.17, 15) is 4.79 Å². The summed E-state index contributed by atoms with van der Waals surface area (Å²) >= 11 is 10.4. The van der Waals surface area contributed by atoms with Crippen molar-refractivity contribution in [3.05, 3.63) is 63.0 Å².